The van der Waals surface area contributed by atoms with Crippen LogP contribution in [0.25, 0.3) is 28.0 Å². The lowest BCUT2D eigenvalue weighted by Crippen LogP contribution is -2.08. The summed E-state index contributed by atoms with van der Waals surface area (Å²) in [5.41, 5.74) is 8.74. The Morgan fingerprint density at radius 1 is 1.03 bits per heavy atom. The van der Waals surface area contributed by atoms with Gasteiger partial charge in [0.15, 0.2) is 17.1 Å². The molecule has 0 unspecified atom stereocenters. The number of ether oxygens (including phenoxy) is 2. The number of rotatable bonds is 8. The van der Waals surface area contributed by atoms with Gasteiger partial charge in [0, 0.05) is 17.0 Å². The number of nitrogens with zero attached hydrogens (tertiary/aromatic N) is 4. The fourth-order valence-electron chi connectivity index (χ4n) is 3.84. The molecule has 178 valence electrons. The van der Waals surface area contributed by atoms with Crippen molar-refractivity contribution in [3.63, 3.8) is 0 Å². The predicted molar refractivity (Wildman–Crippen MR) is 136 cm³/mol. The maximum Gasteiger partial charge on any atom is 0.225 e. The van der Waals surface area contributed by atoms with Gasteiger partial charge in [0.05, 0.1) is 31.0 Å². The van der Waals surface area contributed by atoms with Crippen LogP contribution in [0.5, 0.6) is 11.5 Å². The smallest absolute Gasteiger partial charge is 0.225 e. The third-order valence-electron chi connectivity index (χ3n) is 5.51. The zero-order valence-electron chi connectivity index (χ0n) is 19.2. The number of nitrogen functional groups attached to an aromatic ring is 1. The highest BCUT2D eigenvalue weighted by Gasteiger charge is 2.20. The second kappa shape index (κ2) is 9.59. The zero-order valence-corrected chi connectivity index (χ0v) is 20.0. The summed E-state index contributed by atoms with van der Waals surface area (Å²) < 4.78 is 26.3. The van der Waals surface area contributed by atoms with Crippen LogP contribution < -0.4 is 20.5 Å². The normalized spacial score (nSPS) is 11.1. The van der Waals surface area contributed by atoms with Gasteiger partial charge in [-0.25, -0.2) is 14.1 Å². The van der Waals surface area contributed by atoms with Gasteiger partial charge in [0.2, 0.25) is 5.95 Å². The Bertz CT molecular complexity index is 1490. The van der Waals surface area contributed by atoms with E-state index in [1.54, 1.807) is 43.8 Å². The predicted octanol–water partition coefficient (Wildman–Crippen LogP) is 4.94. The monoisotopic (exact) mass is 490 g/mol. The number of anilines is 2. The summed E-state index contributed by atoms with van der Waals surface area (Å²) in [4.78, 5) is 10.7. The number of halogens is 1. The van der Waals surface area contributed by atoms with Gasteiger partial charge in [-0.3, -0.25) is 0 Å². The molecule has 0 bridgehead atoms. The molecule has 0 amide bonds. The Labute approximate surface area is 205 Å². The van der Waals surface area contributed by atoms with Gasteiger partial charge in [0.25, 0.3) is 0 Å². The second-order valence-corrected chi connectivity index (χ2v) is 8.73. The molecule has 2 aromatic carbocycles. The van der Waals surface area contributed by atoms with Crippen molar-refractivity contribution in [1.29, 1.82) is 0 Å². The first kappa shape index (κ1) is 22.6. The quantitative estimate of drug-likeness (QED) is 0.318. The topological polar surface area (TPSA) is 100 Å². The molecule has 0 fully saturated rings. The number of aromatic nitrogens is 4. The molecule has 0 radical (unpaired) electrons. The van der Waals surface area contributed by atoms with Crippen LogP contribution in [0.2, 0.25) is 0 Å². The first-order chi connectivity index (χ1) is 17.1. The molecule has 0 aliphatic heterocycles. The highest BCUT2D eigenvalue weighted by Crippen LogP contribution is 2.37. The van der Waals surface area contributed by atoms with E-state index in [0.717, 1.165) is 12.0 Å². The zero-order chi connectivity index (χ0) is 24.4. The average Bonchev–Trinajstić information content (AvgIpc) is 3.51. The number of benzene rings is 2. The summed E-state index contributed by atoms with van der Waals surface area (Å²) in [5.74, 6) is 1.49. The molecule has 3 aromatic heterocycles. The highest BCUT2D eigenvalue weighted by atomic mass is 32.1. The third kappa shape index (κ3) is 4.47. The number of nitrogens with two attached hydrogens (primary N) is 1. The maximum absolute atomic E-state index is 13.9. The fourth-order valence-corrected chi connectivity index (χ4v) is 4.55. The van der Waals surface area contributed by atoms with Crippen LogP contribution >= 0.6 is 11.3 Å². The van der Waals surface area contributed by atoms with Crippen LogP contribution in [0.15, 0.2) is 60.0 Å². The van der Waals surface area contributed by atoms with Gasteiger partial charge in [-0.05, 0) is 54.3 Å². The van der Waals surface area contributed by atoms with Crippen LogP contribution in [0.3, 0.4) is 0 Å². The largest absolute Gasteiger partial charge is 0.493 e. The molecular weight excluding hydrogens is 467 g/mol. The minimum absolute atomic E-state index is 0.306. The molecule has 8 nitrogen and oxygen atoms in total. The SMILES string of the molecule is COc1ccc(-c2nc(NCCc3cccs3)nc3nn(-c4cccc(F)c4)c(N)c23)cc1OC. The van der Waals surface area contributed by atoms with E-state index < -0.39 is 0 Å². The van der Waals surface area contributed by atoms with Crippen molar-refractivity contribution < 1.29 is 13.9 Å². The van der Waals surface area contributed by atoms with E-state index in [1.165, 1.54) is 21.7 Å². The first-order valence-corrected chi connectivity index (χ1v) is 11.8. The first-order valence-electron chi connectivity index (χ1n) is 10.9. The van der Waals surface area contributed by atoms with Crippen molar-refractivity contribution in [2.45, 2.75) is 6.42 Å². The second-order valence-electron chi connectivity index (χ2n) is 7.70. The summed E-state index contributed by atoms with van der Waals surface area (Å²) in [6.45, 7) is 0.650. The van der Waals surface area contributed by atoms with Crippen molar-refractivity contribution in [2.75, 3.05) is 31.8 Å². The van der Waals surface area contributed by atoms with E-state index in [1.807, 2.05) is 18.2 Å². The molecule has 5 rings (SSSR count). The van der Waals surface area contributed by atoms with Crippen LogP contribution in [0.1, 0.15) is 4.88 Å². The molecule has 0 aliphatic rings. The van der Waals surface area contributed by atoms with Crippen molar-refractivity contribution in [1.82, 2.24) is 19.7 Å². The molecule has 3 N–H and O–H groups in total. The van der Waals surface area contributed by atoms with Crippen LogP contribution in [-0.4, -0.2) is 40.5 Å². The Balaban J connectivity index is 1.63. The molecule has 5 aromatic rings. The summed E-state index contributed by atoms with van der Waals surface area (Å²) in [6.07, 6.45) is 0.838. The van der Waals surface area contributed by atoms with Crippen molar-refractivity contribution >= 4 is 34.1 Å². The van der Waals surface area contributed by atoms with Gasteiger partial charge >= 0.3 is 0 Å². The molecule has 3 heterocycles. The lowest BCUT2D eigenvalue weighted by atomic mass is 10.1. The molecule has 0 saturated carbocycles. The van der Waals surface area contributed by atoms with Gasteiger partial charge < -0.3 is 20.5 Å². The van der Waals surface area contributed by atoms with Gasteiger partial charge in [-0.2, -0.15) is 4.98 Å². The van der Waals surface area contributed by atoms with Gasteiger partial charge in [0.1, 0.15) is 11.6 Å². The van der Waals surface area contributed by atoms with Crippen molar-refractivity contribution in [2.24, 2.45) is 0 Å². The highest BCUT2D eigenvalue weighted by molar-refractivity contribution is 7.09. The summed E-state index contributed by atoms with van der Waals surface area (Å²) in [6, 6.07) is 15.7. The lowest BCUT2D eigenvalue weighted by molar-refractivity contribution is 0.355. The number of hydrogen-bond acceptors (Lipinski definition) is 8. The van der Waals surface area contributed by atoms with E-state index in [4.69, 9.17) is 20.2 Å². The minimum atomic E-state index is -0.386. The molecule has 10 heteroatoms. The molecule has 0 saturated heterocycles. The molecule has 0 spiro atoms. The number of methoxy groups -OCH3 is 2. The standard InChI is InChI=1S/C25H23FN6O2S/c1-33-19-9-8-15(13-20(19)34-2)22-21-23(27)32(17-6-3-5-16(26)14-17)31-24(21)30-25(29-22)28-11-10-18-7-4-12-35-18/h3-9,12-14H,10-11,27H2,1-2H3,(H,28,30,31). The number of thiophene rings is 1. The van der Waals surface area contributed by atoms with Gasteiger partial charge in [-0.15, -0.1) is 16.4 Å². The maximum atomic E-state index is 13.9. The van der Waals surface area contributed by atoms with Crippen LogP contribution in [0.4, 0.5) is 16.2 Å². The van der Waals surface area contributed by atoms with Crippen molar-refractivity contribution in [3.05, 3.63) is 70.7 Å². The number of nitrogens with one attached hydrogen (secondary N) is 1. The lowest BCUT2D eigenvalue weighted by Gasteiger charge is -2.11. The molecule has 0 atom stereocenters. The Morgan fingerprint density at radius 3 is 2.63 bits per heavy atom. The van der Waals surface area contributed by atoms with Crippen LogP contribution in [0, 0.1) is 5.82 Å². The Hall–Kier alpha value is -4.18. The van der Waals surface area contributed by atoms with Gasteiger partial charge in [-0.1, -0.05) is 12.1 Å². The Morgan fingerprint density at radius 2 is 1.89 bits per heavy atom. The minimum Gasteiger partial charge on any atom is -0.493 e. The summed E-state index contributed by atoms with van der Waals surface area (Å²) >= 11 is 1.70. The summed E-state index contributed by atoms with van der Waals surface area (Å²) in [5, 5.41) is 10.5. The van der Waals surface area contributed by atoms with Crippen molar-refractivity contribution in [3.8, 4) is 28.4 Å². The summed E-state index contributed by atoms with van der Waals surface area (Å²) in [7, 11) is 3.15. The van der Waals surface area contributed by atoms with E-state index in [-0.39, 0.29) is 5.82 Å². The number of fused-ring (bicyclic) bond motifs is 1. The average molecular weight is 491 g/mol. The molecule has 0 aliphatic carbocycles. The van der Waals surface area contributed by atoms with E-state index in [9.17, 15) is 4.39 Å². The third-order valence-corrected chi connectivity index (χ3v) is 6.45. The van der Waals surface area contributed by atoms with E-state index >= 15 is 0 Å². The van der Waals surface area contributed by atoms with Crippen LogP contribution in [-0.2, 0) is 6.42 Å². The molecular formula is C25H23FN6O2S. The van der Waals surface area contributed by atoms with E-state index in [2.05, 4.69) is 26.8 Å². The number of hydrogen-bond donors (Lipinski definition) is 2. The molecule has 35 heavy (non-hydrogen) atoms. The Kier molecular flexibility index (Phi) is 6.19. The van der Waals surface area contributed by atoms with E-state index in [0.29, 0.717) is 52.2 Å². The fraction of sp³-hybridized carbons (Fsp3) is 0.160.